The van der Waals surface area contributed by atoms with Crippen molar-refractivity contribution in [2.24, 2.45) is 5.92 Å². The van der Waals surface area contributed by atoms with E-state index in [-0.39, 0.29) is 16.7 Å². The first kappa shape index (κ1) is 23.1. The summed E-state index contributed by atoms with van der Waals surface area (Å²) in [5, 5.41) is 2.84. The van der Waals surface area contributed by atoms with Crippen molar-refractivity contribution < 1.29 is 22.7 Å². The highest BCUT2D eigenvalue weighted by molar-refractivity contribution is 7.89. The average molecular weight is 451 g/mol. The predicted octanol–water partition coefficient (Wildman–Crippen LogP) is 1.94. The summed E-state index contributed by atoms with van der Waals surface area (Å²) < 4.78 is 41.5. The summed E-state index contributed by atoms with van der Waals surface area (Å²) in [5.74, 6) is 0.353. The lowest BCUT2D eigenvalue weighted by atomic mass is 10.1. The number of benzene rings is 1. The number of carbonyl (C=O) groups is 1. The van der Waals surface area contributed by atoms with Crippen LogP contribution in [0.1, 0.15) is 33.1 Å². The predicted molar refractivity (Wildman–Crippen MR) is 115 cm³/mol. The Labute approximate surface area is 183 Å². The van der Waals surface area contributed by atoms with Gasteiger partial charge in [0.15, 0.2) is 11.5 Å². The first-order valence-corrected chi connectivity index (χ1v) is 12.0. The highest BCUT2D eigenvalue weighted by atomic mass is 32.2. The van der Waals surface area contributed by atoms with Crippen molar-refractivity contribution in [2.45, 2.75) is 50.6 Å². The van der Waals surface area contributed by atoms with Gasteiger partial charge in [-0.1, -0.05) is 13.8 Å². The molecule has 1 unspecified atom stereocenters. The third-order valence-electron chi connectivity index (χ3n) is 4.96. The van der Waals surface area contributed by atoms with E-state index in [0.717, 1.165) is 25.8 Å². The van der Waals surface area contributed by atoms with Crippen molar-refractivity contribution in [3.8, 4) is 11.5 Å². The fourth-order valence-electron chi connectivity index (χ4n) is 3.20. The second-order valence-corrected chi connectivity index (χ2v) is 9.51. The van der Waals surface area contributed by atoms with Gasteiger partial charge in [0.05, 0.1) is 24.4 Å². The number of imidazole rings is 1. The lowest BCUT2D eigenvalue weighted by Crippen LogP contribution is -2.49. The molecule has 2 heterocycles. The van der Waals surface area contributed by atoms with Gasteiger partial charge in [-0.05, 0) is 30.9 Å². The minimum atomic E-state index is -3.92. The molecule has 2 N–H and O–H groups in total. The van der Waals surface area contributed by atoms with Gasteiger partial charge < -0.3 is 19.4 Å². The van der Waals surface area contributed by atoms with Crippen LogP contribution in [-0.4, -0.2) is 49.7 Å². The maximum atomic E-state index is 12.9. The van der Waals surface area contributed by atoms with Crippen LogP contribution in [0.5, 0.6) is 11.5 Å². The Morgan fingerprint density at radius 2 is 1.97 bits per heavy atom. The zero-order valence-electron chi connectivity index (χ0n) is 17.9. The molecule has 1 aromatic carbocycles. The third kappa shape index (κ3) is 6.44. The Bertz CT molecular complexity index is 960. The lowest BCUT2D eigenvalue weighted by molar-refractivity contribution is -0.123. The van der Waals surface area contributed by atoms with Crippen LogP contribution in [0.2, 0.25) is 0 Å². The molecule has 0 saturated heterocycles. The van der Waals surface area contributed by atoms with Crippen LogP contribution in [0.4, 0.5) is 0 Å². The van der Waals surface area contributed by atoms with Crippen molar-refractivity contribution in [1.82, 2.24) is 19.6 Å². The second-order valence-electron chi connectivity index (χ2n) is 7.80. The number of rotatable bonds is 10. The van der Waals surface area contributed by atoms with Gasteiger partial charge in [-0.15, -0.1) is 0 Å². The van der Waals surface area contributed by atoms with Gasteiger partial charge in [-0.3, -0.25) is 4.79 Å². The SMILES string of the molecule is CC(C)C(NS(=O)(=O)c1ccc2c(c1)OCCCO2)C(=O)NCCCCn1ccnc1. The van der Waals surface area contributed by atoms with Crippen LogP contribution >= 0.6 is 0 Å². The molecule has 0 fully saturated rings. The maximum Gasteiger partial charge on any atom is 0.241 e. The first-order chi connectivity index (χ1) is 14.9. The van der Waals surface area contributed by atoms with E-state index in [1.54, 1.807) is 32.4 Å². The molecular formula is C21H30N4O5S. The van der Waals surface area contributed by atoms with Crippen LogP contribution < -0.4 is 19.5 Å². The molecule has 1 atom stereocenters. The monoisotopic (exact) mass is 450 g/mol. The van der Waals surface area contributed by atoms with E-state index in [4.69, 9.17) is 9.47 Å². The molecule has 0 bridgehead atoms. The van der Waals surface area contributed by atoms with E-state index in [1.807, 2.05) is 10.8 Å². The smallest absolute Gasteiger partial charge is 0.241 e. The van der Waals surface area contributed by atoms with Crippen molar-refractivity contribution in [1.29, 1.82) is 0 Å². The summed E-state index contributed by atoms with van der Waals surface area (Å²) in [5.41, 5.74) is 0. The molecule has 2 aromatic rings. The van der Waals surface area contributed by atoms with E-state index in [0.29, 0.717) is 31.3 Å². The van der Waals surface area contributed by atoms with E-state index in [1.165, 1.54) is 12.1 Å². The Morgan fingerprint density at radius 3 is 2.68 bits per heavy atom. The van der Waals surface area contributed by atoms with Gasteiger partial charge >= 0.3 is 0 Å². The molecule has 9 nitrogen and oxygen atoms in total. The summed E-state index contributed by atoms with van der Waals surface area (Å²) >= 11 is 0. The topological polar surface area (TPSA) is 112 Å². The third-order valence-corrected chi connectivity index (χ3v) is 6.40. The number of aromatic nitrogens is 2. The number of hydrogen-bond acceptors (Lipinski definition) is 6. The molecule has 0 radical (unpaired) electrons. The number of carbonyl (C=O) groups excluding carboxylic acids is 1. The Morgan fingerprint density at radius 1 is 1.19 bits per heavy atom. The molecular weight excluding hydrogens is 420 g/mol. The number of amides is 1. The van der Waals surface area contributed by atoms with E-state index < -0.39 is 16.1 Å². The second kappa shape index (κ2) is 10.6. The van der Waals surface area contributed by atoms with Crippen LogP contribution in [0, 0.1) is 5.92 Å². The van der Waals surface area contributed by atoms with Gasteiger partial charge in [-0.25, -0.2) is 13.4 Å². The zero-order chi connectivity index (χ0) is 22.3. The highest BCUT2D eigenvalue weighted by Crippen LogP contribution is 2.32. The highest BCUT2D eigenvalue weighted by Gasteiger charge is 2.29. The number of aryl methyl sites for hydroxylation is 1. The van der Waals surface area contributed by atoms with Crippen LogP contribution in [0.25, 0.3) is 0 Å². The molecule has 1 aliphatic heterocycles. The number of sulfonamides is 1. The maximum absolute atomic E-state index is 12.9. The molecule has 1 aliphatic rings. The van der Waals surface area contributed by atoms with E-state index in [9.17, 15) is 13.2 Å². The number of nitrogens with zero attached hydrogens (tertiary/aromatic N) is 2. The molecule has 1 amide bonds. The summed E-state index contributed by atoms with van der Waals surface area (Å²) in [7, 11) is -3.92. The van der Waals surface area contributed by atoms with Crippen molar-refractivity contribution >= 4 is 15.9 Å². The first-order valence-electron chi connectivity index (χ1n) is 10.5. The molecule has 3 rings (SSSR count). The van der Waals surface area contributed by atoms with Gasteiger partial charge in [0.1, 0.15) is 6.04 Å². The lowest BCUT2D eigenvalue weighted by Gasteiger charge is -2.22. The summed E-state index contributed by atoms with van der Waals surface area (Å²) in [6, 6.07) is 3.60. The molecule has 170 valence electrons. The summed E-state index contributed by atoms with van der Waals surface area (Å²) in [4.78, 5) is 16.7. The van der Waals surface area contributed by atoms with Gasteiger partial charge in [0.2, 0.25) is 15.9 Å². The fourth-order valence-corrected chi connectivity index (χ4v) is 4.56. The van der Waals surface area contributed by atoms with Crippen molar-refractivity contribution in [3.63, 3.8) is 0 Å². The minimum absolute atomic E-state index is 0.0375. The molecule has 0 aliphatic carbocycles. The summed E-state index contributed by atoms with van der Waals surface area (Å²) in [6.07, 6.45) is 7.76. The number of hydrogen-bond donors (Lipinski definition) is 2. The van der Waals surface area contributed by atoms with Crippen LogP contribution in [-0.2, 0) is 21.4 Å². The van der Waals surface area contributed by atoms with Gasteiger partial charge in [0, 0.05) is 38.0 Å². The number of fused-ring (bicyclic) bond motifs is 1. The summed E-state index contributed by atoms with van der Waals surface area (Å²) in [6.45, 7) is 5.89. The molecule has 0 spiro atoms. The van der Waals surface area contributed by atoms with Crippen molar-refractivity contribution in [3.05, 3.63) is 36.9 Å². The van der Waals surface area contributed by atoms with Gasteiger partial charge in [-0.2, -0.15) is 4.72 Å². The zero-order valence-corrected chi connectivity index (χ0v) is 18.7. The minimum Gasteiger partial charge on any atom is -0.490 e. The number of unbranched alkanes of at least 4 members (excludes halogenated alkanes) is 1. The van der Waals surface area contributed by atoms with E-state index >= 15 is 0 Å². The average Bonchev–Trinajstić information content (AvgIpc) is 3.14. The molecule has 10 heteroatoms. The Balaban J connectivity index is 1.57. The van der Waals surface area contributed by atoms with Crippen LogP contribution in [0.15, 0.2) is 41.8 Å². The Kier molecular flexibility index (Phi) is 7.91. The standard InChI is InChI=1S/C21H30N4O5S/c1-16(2)20(21(26)23-8-3-4-10-25-11-9-22-15-25)24-31(27,28)17-6-7-18-19(14-17)30-13-5-12-29-18/h6-7,9,11,14-16,20,24H,3-5,8,10,12-13H2,1-2H3,(H,23,26). The molecule has 31 heavy (non-hydrogen) atoms. The molecule has 1 aromatic heterocycles. The Hall–Kier alpha value is -2.59. The number of nitrogens with one attached hydrogen (secondary N) is 2. The molecule has 0 saturated carbocycles. The fraction of sp³-hybridized carbons (Fsp3) is 0.524. The van der Waals surface area contributed by atoms with Crippen LogP contribution in [0.3, 0.4) is 0 Å². The van der Waals surface area contributed by atoms with E-state index in [2.05, 4.69) is 15.0 Å². The normalized spacial score (nSPS) is 14.8. The largest absolute Gasteiger partial charge is 0.490 e. The quantitative estimate of drug-likeness (QED) is 0.535. The van der Waals surface area contributed by atoms with Gasteiger partial charge in [0.25, 0.3) is 0 Å². The number of ether oxygens (including phenoxy) is 2. The van der Waals surface area contributed by atoms with Crippen molar-refractivity contribution in [2.75, 3.05) is 19.8 Å².